The lowest BCUT2D eigenvalue weighted by Crippen LogP contribution is -2.04. The normalized spacial score (nSPS) is 9.50. The number of carboxylic acid groups (broad SMARTS) is 1. The van der Waals surface area contributed by atoms with Gasteiger partial charge in [-0.15, -0.1) is 11.6 Å². The number of hydrogen-bond acceptors (Lipinski definition) is 4. The Labute approximate surface area is 94.8 Å². The van der Waals surface area contributed by atoms with Crippen LogP contribution in [0.4, 0.5) is 5.69 Å². The molecule has 1 aromatic carbocycles. The van der Waals surface area contributed by atoms with Crippen molar-refractivity contribution in [1.29, 1.82) is 5.26 Å². The predicted molar refractivity (Wildman–Crippen MR) is 54.3 cm³/mol. The number of rotatable bonds is 3. The third-order valence-electron chi connectivity index (χ3n) is 1.91. The highest BCUT2D eigenvalue weighted by molar-refractivity contribution is 6.17. The molecule has 0 radical (unpaired) electrons. The number of nitro groups is 1. The van der Waals surface area contributed by atoms with E-state index in [9.17, 15) is 14.9 Å². The molecule has 0 fully saturated rings. The molecule has 0 spiro atoms. The number of nitriles is 1. The van der Waals surface area contributed by atoms with Gasteiger partial charge in [-0.1, -0.05) is 0 Å². The minimum Gasteiger partial charge on any atom is -0.478 e. The van der Waals surface area contributed by atoms with E-state index in [4.69, 9.17) is 22.0 Å². The number of halogens is 1. The number of nitro benzene ring substituents is 1. The lowest BCUT2D eigenvalue weighted by Gasteiger charge is -2.03. The fraction of sp³-hybridized carbons (Fsp3) is 0.111. The van der Waals surface area contributed by atoms with Crippen LogP contribution in [0.5, 0.6) is 0 Å². The molecule has 0 saturated carbocycles. The van der Waals surface area contributed by atoms with E-state index in [0.717, 1.165) is 12.1 Å². The molecular formula is C9H5ClN2O4. The molecule has 0 atom stereocenters. The van der Waals surface area contributed by atoms with E-state index in [1.54, 1.807) is 6.07 Å². The van der Waals surface area contributed by atoms with Gasteiger partial charge in [0.05, 0.1) is 10.5 Å². The average molecular weight is 241 g/mol. The zero-order valence-electron chi connectivity index (χ0n) is 7.81. The van der Waals surface area contributed by atoms with Gasteiger partial charge >= 0.3 is 5.97 Å². The van der Waals surface area contributed by atoms with E-state index < -0.39 is 16.6 Å². The fourth-order valence-corrected chi connectivity index (χ4v) is 1.40. The van der Waals surface area contributed by atoms with Crippen LogP contribution in [-0.2, 0) is 5.88 Å². The van der Waals surface area contributed by atoms with Crippen LogP contribution in [0.25, 0.3) is 0 Å². The van der Waals surface area contributed by atoms with Gasteiger partial charge in [0.25, 0.3) is 5.69 Å². The van der Waals surface area contributed by atoms with Crippen molar-refractivity contribution in [3.63, 3.8) is 0 Å². The second-order valence-electron chi connectivity index (χ2n) is 2.83. The first-order valence-electron chi connectivity index (χ1n) is 4.02. The first-order valence-corrected chi connectivity index (χ1v) is 4.55. The summed E-state index contributed by atoms with van der Waals surface area (Å²) in [5.41, 5.74) is -0.823. The number of aromatic carboxylic acids is 1. The molecule has 16 heavy (non-hydrogen) atoms. The second kappa shape index (κ2) is 4.59. The summed E-state index contributed by atoms with van der Waals surface area (Å²) in [5.74, 6) is -1.45. The summed E-state index contributed by atoms with van der Waals surface area (Å²) in [6.45, 7) is 0. The summed E-state index contributed by atoms with van der Waals surface area (Å²) in [5, 5.41) is 28.1. The minimum absolute atomic E-state index is 0.131. The molecule has 0 saturated heterocycles. The van der Waals surface area contributed by atoms with E-state index in [1.165, 1.54) is 0 Å². The molecule has 0 aliphatic rings. The van der Waals surface area contributed by atoms with Crippen molar-refractivity contribution in [1.82, 2.24) is 0 Å². The van der Waals surface area contributed by atoms with Gasteiger partial charge in [-0.05, 0) is 11.6 Å². The van der Waals surface area contributed by atoms with E-state index in [1.807, 2.05) is 0 Å². The lowest BCUT2D eigenvalue weighted by atomic mass is 10.0. The van der Waals surface area contributed by atoms with Crippen molar-refractivity contribution < 1.29 is 14.8 Å². The topological polar surface area (TPSA) is 104 Å². The largest absolute Gasteiger partial charge is 0.478 e. The third kappa shape index (κ3) is 2.10. The highest BCUT2D eigenvalue weighted by atomic mass is 35.5. The van der Waals surface area contributed by atoms with E-state index >= 15 is 0 Å². The van der Waals surface area contributed by atoms with Gasteiger partial charge in [-0.3, -0.25) is 10.1 Å². The monoisotopic (exact) mass is 240 g/mol. The molecule has 0 aliphatic heterocycles. The van der Waals surface area contributed by atoms with Crippen molar-refractivity contribution in [3.05, 3.63) is 38.9 Å². The predicted octanol–water partition coefficient (Wildman–Crippen LogP) is 1.90. The van der Waals surface area contributed by atoms with Crippen LogP contribution in [0.3, 0.4) is 0 Å². The Kier molecular flexibility index (Phi) is 3.43. The van der Waals surface area contributed by atoms with E-state index in [2.05, 4.69) is 0 Å². The third-order valence-corrected chi connectivity index (χ3v) is 2.20. The first kappa shape index (κ1) is 11.9. The Hall–Kier alpha value is -2.13. The highest BCUT2D eigenvalue weighted by Crippen LogP contribution is 2.24. The summed E-state index contributed by atoms with van der Waals surface area (Å²) >= 11 is 5.49. The van der Waals surface area contributed by atoms with Crippen molar-refractivity contribution in [2.45, 2.75) is 5.88 Å². The summed E-state index contributed by atoms with van der Waals surface area (Å²) in [7, 11) is 0. The second-order valence-corrected chi connectivity index (χ2v) is 3.10. The molecule has 6 nitrogen and oxygen atoms in total. The maximum Gasteiger partial charge on any atom is 0.336 e. The van der Waals surface area contributed by atoms with Gasteiger partial charge in [-0.25, -0.2) is 4.79 Å². The van der Waals surface area contributed by atoms with Crippen LogP contribution < -0.4 is 0 Å². The minimum atomic E-state index is -1.32. The number of benzene rings is 1. The number of nitrogens with zero attached hydrogens (tertiary/aromatic N) is 2. The lowest BCUT2D eigenvalue weighted by molar-refractivity contribution is -0.385. The Morgan fingerprint density at radius 2 is 2.25 bits per heavy atom. The maximum absolute atomic E-state index is 10.8. The van der Waals surface area contributed by atoms with Crippen LogP contribution in [0.1, 0.15) is 21.5 Å². The van der Waals surface area contributed by atoms with Crippen molar-refractivity contribution >= 4 is 23.3 Å². The van der Waals surface area contributed by atoms with Gasteiger partial charge < -0.3 is 5.11 Å². The van der Waals surface area contributed by atoms with E-state index in [-0.39, 0.29) is 22.6 Å². The van der Waals surface area contributed by atoms with Crippen LogP contribution in [0.15, 0.2) is 12.1 Å². The number of carboxylic acids is 1. The van der Waals surface area contributed by atoms with Gasteiger partial charge in [0.1, 0.15) is 11.6 Å². The molecule has 0 bridgehead atoms. The van der Waals surface area contributed by atoms with E-state index in [0.29, 0.717) is 0 Å². The van der Waals surface area contributed by atoms with Crippen molar-refractivity contribution in [3.8, 4) is 6.07 Å². The zero-order chi connectivity index (χ0) is 12.3. The molecule has 82 valence electrons. The molecule has 7 heteroatoms. The van der Waals surface area contributed by atoms with Crippen LogP contribution >= 0.6 is 11.6 Å². The van der Waals surface area contributed by atoms with Crippen molar-refractivity contribution in [2.75, 3.05) is 0 Å². The molecule has 0 amide bonds. The average Bonchev–Trinajstić information content (AvgIpc) is 2.26. The Bertz CT molecular complexity index is 507. The first-order chi connectivity index (χ1) is 7.51. The zero-order valence-corrected chi connectivity index (χ0v) is 8.56. The summed E-state index contributed by atoms with van der Waals surface area (Å²) < 4.78 is 0. The standard InChI is InChI=1S/C9H5ClN2O4/c10-3-5-1-6(4-11)8(12(15)16)2-7(5)9(13)14/h1-2H,3H2,(H,13,14). The Balaban J connectivity index is 3.54. The van der Waals surface area contributed by atoms with Gasteiger partial charge in [-0.2, -0.15) is 5.26 Å². The molecule has 0 unspecified atom stereocenters. The number of hydrogen-bond donors (Lipinski definition) is 1. The number of alkyl halides is 1. The molecule has 0 aromatic heterocycles. The van der Waals surface area contributed by atoms with Crippen LogP contribution in [0.2, 0.25) is 0 Å². The smallest absolute Gasteiger partial charge is 0.336 e. The Morgan fingerprint density at radius 3 is 2.62 bits per heavy atom. The van der Waals surface area contributed by atoms with Crippen molar-refractivity contribution in [2.24, 2.45) is 0 Å². The molecule has 1 rings (SSSR count). The summed E-state index contributed by atoms with van der Waals surface area (Å²) in [6, 6.07) is 3.59. The molecule has 0 aliphatic carbocycles. The molecule has 1 N–H and O–H groups in total. The highest BCUT2D eigenvalue weighted by Gasteiger charge is 2.20. The quantitative estimate of drug-likeness (QED) is 0.494. The summed E-state index contributed by atoms with van der Waals surface area (Å²) in [6.07, 6.45) is 0. The molecule has 1 aromatic rings. The van der Waals surface area contributed by atoms with Gasteiger partial charge in [0.15, 0.2) is 0 Å². The fourth-order valence-electron chi connectivity index (χ4n) is 1.18. The summed E-state index contributed by atoms with van der Waals surface area (Å²) in [4.78, 5) is 20.6. The SMILES string of the molecule is N#Cc1cc(CCl)c(C(=O)O)cc1[N+](=O)[O-]. The number of carbonyl (C=O) groups is 1. The maximum atomic E-state index is 10.8. The molecular weight excluding hydrogens is 236 g/mol. The Morgan fingerprint density at radius 1 is 1.62 bits per heavy atom. The van der Waals surface area contributed by atoms with Crippen LogP contribution in [0, 0.1) is 21.4 Å². The van der Waals surface area contributed by atoms with Gasteiger partial charge in [0.2, 0.25) is 0 Å². The van der Waals surface area contributed by atoms with Crippen LogP contribution in [-0.4, -0.2) is 16.0 Å². The van der Waals surface area contributed by atoms with Gasteiger partial charge in [0, 0.05) is 11.9 Å². The molecule has 0 heterocycles.